The highest BCUT2D eigenvalue weighted by Crippen LogP contribution is 2.51. The molecule has 0 aliphatic carbocycles. The van der Waals surface area contributed by atoms with Crippen molar-refractivity contribution in [1.82, 2.24) is 23.7 Å². The first-order valence-electron chi connectivity index (χ1n) is 29.8. The number of nitrogens with zero attached hydrogens (tertiary/aromatic N) is 5. The summed E-state index contributed by atoms with van der Waals surface area (Å²) in [6, 6.07) is 113. The van der Waals surface area contributed by atoms with Crippen LogP contribution in [0.5, 0.6) is 0 Å². The third-order valence-electron chi connectivity index (χ3n) is 18.0. The van der Waals surface area contributed by atoms with Gasteiger partial charge in [-0.3, -0.25) is 9.13 Å². The molecule has 0 fully saturated rings. The fraction of sp³-hybridized carbons (Fsp3) is 0. The summed E-state index contributed by atoms with van der Waals surface area (Å²) in [6.07, 6.45) is 0. The second-order valence-corrected chi connectivity index (χ2v) is 22.8. The molecule has 0 saturated carbocycles. The van der Waals surface area contributed by atoms with Gasteiger partial charge in [0.2, 0.25) is 0 Å². The first-order chi connectivity index (χ1) is 43.2. The molecule has 0 bridgehead atoms. The maximum atomic E-state index is 6.45. The fourth-order valence-electron chi connectivity index (χ4n) is 14.2. The van der Waals surface area contributed by atoms with Crippen LogP contribution in [-0.2, 0) is 0 Å². The molecule has 0 unspecified atom stereocenters. The number of para-hydroxylation sites is 3. The predicted molar refractivity (Wildman–Crippen MR) is 365 cm³/mol. The highest BCUT2D eigenvalue weighted by atomic mass is 15.2. The van der Waals surface area contributed by atoms with E-state index in [2.05, 4.69) is 323 Å². The van der Waals surface area contributed by atoms with Crippen molar-refractivity contribution in [3.8, 4) is 73.2 Å². The Balaban J connectivity index is 1.05. The van der Waals surface area contributed by atoms with E-state index in [-0.39, 0.29) is 0 Å². The molecule has 0 radical (unpaired) electrons. The largest absolute Gasteiger partial charge is 0.305 e. The number of fused-ring (bicyclic) bond motifs is 15. The Kier molecular flexibility index (Phi) is 10.9. The molecule has 404 valence electrons. The quantitative estimate of drug-likeness (QED) is 0.152. The lowest BCUT2D eigenvalue weighted by Gasteiger charge is -2.26. The second kappa shape index (κ2) is 19.5. The average Bonchev–Trinajstić information content (AvgIpc) is 1.89. The van der Waals surface area contributed by atoms with Gasteiger partial charge in [0.1, 0.15) is 5.82 Å². The van der Waals surface area contributed by atoms with Gasteiger partial charge in [0, 0.05) is 54.6 Å². The number of hydrogen-bond acceptors (Lipinski definition) is 2. The van der Waals surface area contributed by atoms with Crippen LogP contribution in [0.1, 0.15) is 0 Å². The van der Waals surface area contributed by atoms with Gasteiger partial charge in [-0.15, -0.1) is 0 Å². The van der Waals surface area contributed by atoms with Crippen LogP contribution >= 0.6 is 0 Å². The zero-order valence-corrected chi connectivity index (χ0v) is 47.2. The van der Waals surface area contributed by atoms with E-state index >= 15 is 0 Å². The van der Waals surface area contributed by atoms with Crippen LogP contribution in [0.4, 0.5) is 0 Å². The predicted octanol–water partition coefficient (Wildman–Crippen LogP) is 21.6. The summed E-state index contributed by atoms with van der Waals surface area (Å²) in [5.74, 6) is 1.63. The summed E-state index contributed by atoms with van der Waals surface area (Å²) in [4.78, 5) is 11.7. The van der Waals surface area contributed by atoms with Crippen molar-refractivity contribution in [2.45, 2.75) is 0 Å². The average molecular weight is 1110 g/mol. The minimum absolute atomic E-state index is 0.807. The second-order valence-electron chi connectivity index (χ2n) is 22.8. The molecule has 0 aliphatic heterocycles. The van der Waals surface area contributed by atoms with Gasteiger partial charge < -0.3 is 4.57 Å². The van der Waals surface area contributed by atoms with Crippen LogP contribution in [0.25, 0.3) is 171 Å². The van der Waals surface area contributed by atoms with Crippen molar-refractivity contribution in [2.24, 2.45) is 0 Å². The molecule has 0 N–H and O–H groups in total. The number of hydrogen-bond donors (Lipinski definition) is 0. The maximum absolute atomic E-state index is 6.45. The van der Waals surface area contributed by atoms with E-state index in [9.17, 15) is 0 Å². The first kappa shape index (κ1) is 48.8. The number of rotatable bonds is 8. The van der Waals surface area contributed by atoms with E-state index < -0.39 is 0 Å². The molecule has 0 saturated heterocycles. The smallest absolute Gasteiger partial charge is 0.165 e. The van der Waals surface area contributed by atoms with Crippen molar-refractivity contribution in [3.05, 3.63) is 309 Å². The summed E-state index contributed by atoms with van der Waals surface area (Å²) >= 11 is 0. The lowest BCUT2D eigenvalue weighted by molar-refractivity contribution is 0.987. The SMILES string of the molecule is c1ccc(-c2cc(-c3ccc(-c4c(-c5ccccc5)c(-n5c6ccccc6c6c7ccccc7ccc65)nc(-n5c6ccccc6c6c7ccccc7ccc65)c4-n4c5ccccc5c5c6ccccc6ccc54)cc3)cc(-c3ccccc3)n2)cc1. The lowest BCUT2D eigenvalue weighted by atomic mass is 9.91. The molecule has 0 aliphatic rings. The highest BCUT2D eigenvalue weighted by molar-refractivity contribution is 6.25. The molecule has 0 amide bonds. The van der Waals surface area contributed by atoms with Gasteiger partial charge in [-0.1, -0.05) is 261 Å². The van der Waals surface area contributed by atoms with Gasteiger partial charge in [0.05, 0.1) is 50.2 Å². The van der Waals surface area contributed by atoms with Gasteiger partial charge in [-0.25, -0.2) is 9.97 Å². The van der Waals surface area contributed by atoms with Gasteiger partial charge >= 0.3 is 0 Å². The van der Waals surface area contributed by atoms with E-state index in [0.717, 1.165) is 112 Å². The summed E-state index contributed by atoms with van der Waals surface area (Å²) < 4.78 is 7.47. The van der Waals surface area contributed by atoms with Crippen LogP contribution in [0.2, 0.25) is 0 Å². The Morgan fingerprint density at radius 3 is 1.01 bits per heavy atom. The Morgan fingerprint density at radius 2 is 0.552 bits per heavy atom. The normalized spacial score (nSPS) is 11.9. The summed E-state index contributed by atoms with van der Waals surface area (Å²) in [6.45, 7) is 0. The van der Waals surface area contributed by atoms with Crippen molar-refractivity contribution in [3.63, 3.8) is 0 Å². The van der Waals surface area contributed by atoms with Crippen LogP contribution in [0.15, 0.2) is 309 Å². The molecular weight excluding hydrogens is 1050 g/mol. The summed E-state index contributed by atoms with van der Waals surface area (Å²) in [7, 11) is 0. The molecular formula is C82H51N5. The first-order valence-corrected chi connectivity index (χ1v) is 29.8. The van der Waals surface area contributed by atoms with Crippen LogP contribution in [-0.4, -0.2) is 23.7 Å². The molecule has 13 aromatic carbocycles. The van der Waals surface area contributed by atoms with Crippen LogP contribution < -0.4 is 0 Å². The van der Waals surface area contributed by atoms with Crippen LogP contribution in [0, 0.1) is 0 Å². The van der Waals surface area contributed by atoms with Crippen molar-refractivity contribution < 1.29 is 0 Å². The Morgan fingerprint density at radius 1 is 0.207 bits per heavy atom. The molecule has 5 heteroatoms. The third kappa shape index (κ3) is 7.53. The molecule has 0 spiro atoms. The zero-order chi connectivity index (χ0) is 57.1. The lowest BCUT2D eigenvalue weighted by Crippen LogP contribution is -2.13. The molecule has 5 nitrogen and oxygen atoms in total. The Hall–Kier alpha value is -11.7. The topological polar surface area (TPSA) is 40.6 Å². The summed E-state index contributed by atoms with van der Waals surface area (Å²) in [5.41, 5.74) is 17.7. The fourth-order valence-corrected chi connectivity index (χ4v) is 14.2. The minimum atomic E-state index is 0.807. The standard InChI is InChI=1S/C82H51N5/c1-4-25-56(26-5-1)67-50-60(51-68(83-67)57-27-6-2-7-28-57)52-40-42-59(43-41-52)75-76(58-29-8-3-9-30-58)81(86-70-38-20-17-35-65(70)78-62-32-14-11-23-54(62)45-48-73(78)86)84-82(87-71-39-21-18-36-66(71)79-63-33-15-12-24-55(63)46-49-74(79)87)80(75)85-69-37-19-16-34-64(69)77-61-31-13-10-22-53(61)44-47-72(77)85/h1-51H. The molecule has 87 heavy (non-hydrogen) atoms. The number of pyridine rings is 2. The monoisotopic (exact) mass is 1110 g/mol. The van der Waals surface area contributed by atoms with E-state index in [1.165, 1.54) is 59.2 Å². The van der Waals surface area contributed by atoms with E-state index in [4.69, 9.17) is 9.97 Å². The molecule has 18 aromatic rings. The Bertz CT molecular complexity index is 5740. The summed E-state index contributed by atoms with van der Waals surface area (Å²) in [5, 5.41) is 14.3. The molecule has 18 rings (SSSR count). The van der Waals surface area contributed by atoms with Crippen LogP contribution in [0.3, 0.4) is 0 Å². The van der Waals surface area contributed by atoms with Gasteiger partial charge in [0.15, 0.2) is 5.82 Å². The van der Waals surface area contributed by atoms with Gasteiger partial charge in [-0.05, 0) is 103 Å². The number of aromatic nitrogens is 5. The molecule has 5 heterocycles. The third-order valence-corrected chi connectivity index (χ3v) is 18.0. The van der Waals surface area contributed by atoms with Crippen molar-refractivity contribution in [2.75, 3.05) is 0 Å². The van der Waals surface area contributed by atoms with E-state index in [0.29, 0.717) is 0 Å². The van der Waals surface area contributed by atoms with Crippen molar-refractivity contribution >= 4 is 97.7 Å². The maximum Gasteiger partial charge on any atom is 0.165 e. The van der Waals surface area contributed by atoms with E-state index in [1.807, 2.05) is 0 Å². The van der Waals surface area contributed by atoms with E-state index in [1.54, 1.807) is 0 Å². The number of benzene rings is 13. The highest BCUT2D eigenvalue weighted by Gasteiger charge is 2.32. The van der Waals surface area contributed by atoms with Gasteiger partial charge in [-0.2, -0.15) is 0 Å². The minimum Gasteiger partial charge on any atom is -0.305 e. The Labute approximate surface area is 501 Å². The molecule has 5 aromatic heterocycles. The van der Waals surface area contributed by atoms with Crippen molar-refractivity contribution in [1.29, 1.82) is 0 Å². The molecule has 0 atom stereocenters. The van der Waals surface area contributed by atoms with Gasteiger partial charge in [0.25, 0.3) is 0 Å². The zero-order valence-electron chi connectivity index (χ0n) is 47.2.